The predicted molar refractivity (Wildman–Crippen MR) is 69.9 cm³/mol. The highest BCUT2D eigenvalue weighted by molar-refractivity contribution is 5.94. The lowest BCUT2D eigenvalue weighted by Gasteiger charge is -2.22. The SMILES string of the molecule is CCCCN(CCCC)C(=O)c1cccnc1F. The summed E-state index contributed by atoms with van der Waals surface area (Å²) in [6, 6.07) is 3.09. The Kier molecular flexibility index (Phi) is 6.33. The second-order valence-electron chi connectivity index (χ2n) is 4.34. The molecule has 0 radical (unpaired) electrons. The third-order valence-electron chi connectivity index (χ3n) is 2.84. The lowest BCUT2D eigenvalue weighted by Crippen LogP contribution is -2.33. The first-order chi connectivity index (χ1) is 8.70. The molecule has 0 N–H and O–H groups in total. The van der Waals surface area contributed by atoms with Gasteiger partial charge in [0.2, 0.25) is 5.95 Å². The lowest BCUT2D eigenvalue weighted by molar-refractivity contribution is 0.0745. The quantitative estimate of drug-likeness (QED) is 0.698. The van der Waals surface area contributed by atoms with Gasteiger partial charge >= 0.3 is 0 Å². The normalized spacial score (nSPS) is 10.4. The Labute approximate surface area is 108 Å². The van der Waals surface area contributed by atoms with Crippen LogP contribution >= 0.6 is 0 Å². The van der Waals surface area contributed by atoms with Gasteiger partial charge in [0.15, 0.2) is 0 Å². The Hall–Kier alpha value is -1.45. The van der Waals surface area contributed by atoms with Crippen LogP contribution in [0.25, 0.3) is 0 Å². The molecular weight excluding hydrogens is 231 g/mol. The van der Waals surface area contributed by atoms with Crippen molar-refractivity contribution < 1.29 is 9.18 Å². The van der Waals surface area contributed by atoms with Gasteiger partial charge in [-0.1, -0.05) is 26.7 Å². The highest BCUT2D eigenvalue weighted by Crippen LogP contribution is 2.10. The molecule has 0 spiro atoms. The molecule has 18 heavy (non-hydrogen) atoms. The molecule has 0 aromatic carbocycles. The van der Waals surface area contributed by atoms with Crippen molar-refractivity contribution in [3.8, 4) is 0 Å². The summed E-state index contributed by atoms with van der Waals surface area (Å²) in [4.78, 5) is 17.5. The van der Waals surface area contributed by atoms with E-state index in [1.165, 1.54) is 12.3 Å². The minimum Gasteiger partial charge on any atom is -0.339 e. The molecule has 0 fully saturated rings. The van der Waals surface area contributed by atoms with Crippen LogP contribution in [-0.2, 0) is 0 Å². The Morgan fingerprint density at radius 2 is 1.89 bits per heavy atom. The van der Waals surface area contributed by atoms with Crippen LogP contribution in [0.15, 0.2) is 18.3 Å². The Balaban J connectivity index is 2.77. The van der Waals surface area contributed by atoms with Gasteiger partial charge in [0.05, 0.1) is 5.56 Å². The van der Waals surface area contributed by atoms with E-state index in [1.54, 1.807) is 11.0 Å². The van der Waals surface area contributed by atoms with Crippen LogP contribution in [0, 0.1) is 5.95 Å². The van der Waals surface area contributed by atoms with Crippen molar-refractivity contribution in [2.75, 3.05) is 13.1 Å². The van der Waals surface area contributed by atoms with Crippen molar-refractivity contribution in [1.82, 2.24) is 9.88 Å². The fraction of sp³-hybridized carbons (Fsp3) is 0.571. The number of hydrogen-bond acceptors (Lipinski definition) is 2. The number of unbranched alkanes of at least 4 members (excludes halogenated alkanes) is 2. The van der Waals surface area contributed by atoms with Crippen molar-refractivity contribution in [2.45, 2.75) is 39.5 Å². The van der Waals surface area contributed by atoms with Crippen LogP contribution in [0.5, 0.6) is 0 Å². The van der Waals surface area contributed by atoms with Gasteiger partial charge in [-0.2, -0.15) is 4.39 Å². The van der Waals surface area contributed by atoms with E-state index in [2.05, 4.69) is 18.8 Å². The zero-order valence-corrected chi connectivity index (χ0v) is 11.2. The summed E-state index contributed by atoms with van der Waals surface area (Å²) in [6.07, 6.45) is 5.28. The fourth-order valence-electron chi connectivity index (χ4n) is 1.73. The highest BCUT2D eigenvalue weighted by atomic mass is 19.1. The van der Waals surface area contributed by atoms with Crippen molar-refractivity contribution in [1.29, 1.82) is 0 Å². The smallest absolute Gasteiger partial charge is 0.258 e. The molecule has 0 aliphatic heterocycles. The minimum absolute atomic E-state index is 0.0738. The maximum atomic E-state index is 13.5. The number of halogens is 1. The van der Waals surface area contributed by atoms with E-state index in [9.17, 15) is 9.18 Å². The first kappa shape index (κ1) is 14.6. The molecule has 100 valence electrons. The number of nitrogens with zero attached hydrogens (tertiary/aromatic N) is 2. The number of pyridine rings is 1. The second kappa shape index (κ2) is 7.80. The summed E-state index contributed by atoms with van der Waals surface area (Å²) in [5.74, 6) is -0.928. The topological polar surface area (TPSA) is 33.2 Å². The van der Waals surface area contributed by atoms with E-state index in [1.807, 2.05) is 0 Å². The second-order valence-corrected chi connectivity index (χ2v) is 4.34. The van der Waals surface area contributed by atoms with E-state index in [0.29, 0.717) is 13.1 Å². The highest BCUT2D eigenvalue weighted by Gasteiger charge is 2.18. The fourth-order valence-corrected chi connectivity index (χ4v) is 1.73. The number of carbonyl (C=O) groups is 1. The van der Waals surface area contributed by atoms with E-state index in [4.69, 9.17) is 0 Å². The maximum absolute atomic E-state index is 13.5. The van der Waals surface area contributed by atoms with Crippen molar-refractivity contribution in [3.63, 3.8) is 0 Å². The van der Waals surface area contributed by atoms with Gasteiger partial charge in [-0.05, 0) is 25.0 Å². The van der Waals surface area contributed by atoms with Crippen molar-refractivity contribution >= 4 is 5.91 Å². The molecule has 1 amide bonds. The lowest BCUT2D eigenvalue weighted by atomic mass is 10.2. The Morgan fingerprint density at radius 3 is 2.39 bits per heavy atom. The van der Waals surface area contributed by atoms with E-state index >= 15 is 0 Å². The molecule has 1 heterocycles. The van der Waals surface area contributed by atoms with Gasteiger partial charge in [0.1, 0.15) is 0 Å². The molecule has 0 saturated carbocycles. The molecule has 0 atom stereocenters. The molecule has 0 aliphatic carbocycles. The van der Waals surface area contributed by atoms with Gasteiger partial charge in [-0.3, -0.25) is 4.79 Å². The summed E-state index contributed by atoms with van der Waals surface area (Å²) in [6.45, 7) is 5.52. The largest absolute Gasteiger partial charge is 0.339 e. The van der Waals surface area contributed by atoms with E-state index in [0.717, 1.165) is 25.7 Å². The summed E-state index contributed by atoms with van der Waals surface area (Å²) >= 11 is 0. The maximum Gasteiger partial charge on any atom is 0.258 e. The number of amides is 1. The molecule has 1 aromatic heterocycles. The van der Waals surface area contributed by atoms with Crippen LogP contribution in [0.4, 0.5) is 4.39 Å². The third-order valence-corrected chi connectivity index (χ3v) is 2.84. The molecule has 1 rings (SSSR count). The van der Waals surface area contributed by atoms with Crippen LogP contribution in [0.2, 0.25) is 0 Å². The van der Waals surface area contributed by atoms with Gasteiger partial charge in [-0.25, -0.2) is 4.98 Å². The number of rotatable bonds is 7. The average Bonchev–Trinajstić information content (AvgIpc) is 2.39. The monoisotopic (exact) mass is 252 g/mol. The molecule has 4 heteroatoms. The molecule has 1 aromatic rings. The van der Waals surface area contributed by atoms with E-state index < -0.39 is 5.95 Å². The van der Waals surface area contributed by atoms with Gasteiger partial charge in [0, 0.05) is 19.3 Å². The molecule has 0 unspecified atom stereocenters. The van der Waals surface area contributed by atoms with Crippen LogP contribution in [0.3, 0.4) is 0 Å². The average molecular weight is 252 g/mol. The van der Waals surface area contributed by atoms with Gasteiger partial charge < -0.3 is 4.90 Å². The molecular formula is C14H21FN2O. The first-order valence-corrected chi connectivity index (χ1v) is 6.60. The summed E-state index contributed by atoms with van der Waals surface area (Å²) in [7, 11) is 0. The summed E-state index contributed by atoms with van der Waals surface area (Å²) in [5.41, 5.74) is 0.0738. The minimum atomic E-state index is -0.680. The van der Waals surface area contributed by atoms with Crippen LogP contribution in [-0.4, -0.2) is 28.9 Å². The van der Waals surface area contributed by atoms with Crippen LogP contribution < -0.4 is 0 Å². The Bertz CT molecular complexity index is 374. The van der Waals surface area contributed by atoms with Crippen LogP contribution in [0.1, 0.15) is 49.9 Å². The number of hydrogen-bond donors (Lipinski definition) is 0. The Morgan fingerprint density at radius 1 is 1.28 bits per heavy atom. The molecule has 0 saturated heterocycles. The van der Waals surface area contributed by atoms with E-state index in [-0.39, 0.29) is 11.5 Å². The third kappa shape index (κ3) is 4.09. The summed E-state index contributed by atoms with van der Waals surface area (Å²) in [5, 5.41) is 0. The zero-order chi connectivity index (χ0) is 13.4. The number of aromatic nitrogens is 1. The first-order valence-electron chi connectivity index (χ1n) is 6.60. The predicted octanol–water partition coefficient (Wildman–Crippen LogP) is 3.26. The standard InChI is InChI=1S/C14H21FN2O/c1-3-5-10-17(11-6-4-2)14(18)12-8-7-9-16-13(12)15/h7-9H,3-6,10-11H2,1-2H3. The number of carbonyl (C=O) groups excluding carboxylic acids is 1. The zero-order valence-electron chi connectivity index (χ0n) is 11.2. The summed E-state index contributed by atoms with van der Waals surface area (Å²) < 4.78 is 13.5. The van der Waals surface area contributed by atoms with Crippen molar-refractivity contribution in [2.24, 2.45) is 0 Å². The molecule has 0 aliphatic rings. The molecule has 0 bridgehead atoms. The van der Waals surface area contributed by atoms with Gasteiger partial charge in [-0.15, -0.1) is 0 Å². The van der Waals surface area contributed by atoms with Gasteiger partial charge in [0.25, 0.3) is 5.91 Å². The van der Waals surface area contributed by atoms with Crippen molar-refractivity contribution in [3.05, 3.63) is 29.8 Å². The molecule has 3 nitrogen and oxygen atoms in total.